The molecule has 2 aromatic carbocycles. The topological polar surface area (TPSA) is 83.1 Å². The van der Waals surface area contributed by atoms with Crippen LogP contribution < -0.4 is 10.9 Å². The van der Waals surface area contributed by atoms with Crippen molar-refractivity contribution in [1.82, 2.24) is 0 Å². The average Bonchev–Trinajstić information content (AvgIpc) is 2.54. The van der Waals surface area contributed by atoms with Crippen molar-refractivity contribution in [1.29, 1.82) is 5.26 Å². The molecular formula is C17H8ClFN2O3. The number of amides is 1. The molecule has 1 heterocycles. The molecule has 3 aromatic rings. The van der Waals surface area contributed by atoms with Gasteiger partial charge in [0, 0.05) is 5.02 Å². The normalized spacial score (nSPS) is 10.4. The second-order valence-corrected chi connectivity index (χ2v) is 5.32. The molecule has 0 spiro atoms. The molecule has 5 nitrogen and oxygen atoms in total. The fraction of sp³-hybridized carbons (Fsp3) is 0. The van der Waals surface area contributed by atoms with Crippen molar-refractivity contribution in [3.63, 3.8) is 0 Å². The number of fused-ring (bicyclic) bond motifs is 1. The van der Waals surface area contributed by atoms with E-state index in [0.29, 0.717) is 5.02 Å². The van der Waals surface area contributed by atoms with Gasteiger partial charge in [0.15, 0.2) is 5.76 Å². The minimum atomic E-state index is -0.760. The molecule has 0 saturated carbocycles. The van der Waals surface area contributed by atoms with Crippen molar-refractivity contribution >= 4 is 34.0 Å². The van der Waals surface area contributed by atoms with Crippen molar-refractivity contribution in [2.45, 2.75) is 0 Å². The van der Waals surface area contributed by atoms with Crippen molar-refractivity contribution in [3.8, 4) is 6.07 Å². The van der Waals surface area contributed by atoms with Gasteiger partial charge in [-0.3, -0.25) is 4.79 Å². The largest absolute Gasteiger partial charge is 0.417 e. The number of nitriles is 1. The number of hydrogen-bond acceptors (Lipinski definition) is 4. The van der Waals surface area contributed by atoms with E-state index in [1.54, 1.807) is 0 Å². The standard InChI is InChI=1S/C17H8ClFN2O3/c18-11-2-1-9(8-20)14(7-11)21-16(22)15-6-10-5-12(19)3-4-13(10)17(23)24-15/h1-7H,(H,21,22). The second-order valence-electron chi connectivity index (χ2n) is 4.89. The highest BCUT2D eigenvalue weighted by Crippen LogP contribution is 2.21. The maximum Gasteiger partial charge on any atom is 0.344 e. The molecule has 118 valence electrons. The average molecular weight is 343 g/mol. The van der Waals surface area contributed by atoms with E-state index in [2.05, 4.69) is 5.32 Å². The van der Waals surface area contributed by atoms with Gasteiger partial charge in [0.05, 0.1) is 16.6 Å². The Morgan fingerprint density at radius 2 is 2.00 bits per heavy atom. The number of hydrogen-bond donors (Lipinski definition) is 1. The summed E-state index contributed by atoms with van der Waals surface area (Å²) in [7, 11) is 0. The van der Waals surface area contributed by atoms with Gasteiger partial charge in [-0.25, -0.2) is 9.18 Å². The van der Waals surface area contributed by atoms with Crippen LogP contribution in [0.4, 0.5) is 10.1 Å². The van der Waals surface area contributed by atoms with Gasteiger partial charge in [0.25, 0.3) is 5.91 Å². The van der Waals surface area contributed by atoms with Crippen molar-refractivity contribution < 1.29 is 13.6 Å². The van der Waals surface area contributed by atoms with Crippen LogP contribution in [-0.2, 0) is 0 Å². The number of carbonyl (C=O) groups excluding carboxylic acids is 1. The summed E-state index contributed by atoms with van der Waals surface area (Å²) in [5.41, 5.74) is -0.386. The second kappa shape index (κ2) is 6.14. The van der Waals surface area contributed by atoms with Crippen molar-refractivity contribution in [2.24, 2.45) is 0 Å². The Morgan fingerprint density at radius 3 is 2.75 bits per heavy atom. The zero-order valence-electron chi connectivity index (χ0n) is 12.0. The molecule has 0 unspecified atom stereocenters. The fourth-order valence-corrected chi connectivity index (χ4v) is 2.35. The van der Waals surface area contributed by atoms with Gasteiger partial charge < -0.3 is 9.73 Å². The van der Waals surface area contributed by atoms with Crippen LogP contribution in [0.15, 0.2) is 51.7 Å². The van der Waals surface area contributed by atoms with Gasteiger partial charge in [-0.05, 0) is 47.9 Å². The van der Waals surface area contributed by atoms with Gasteiger partial charge in [-0.15, -0.1) is 0 Å². The van der Waals surface area contributed by atoms with Crippen LogP contribution >= 0.6 is 11.6 Å². The number of carbonyl (C=O) groups is 1. The van der Waals surface area contributed by atoms with Crippen LogP contribution in [0, 0.1) is 17.1 Å². The molecule has 0 aliphatic rings. The molecule has 24 heavy (non-hydrogen) atoms. The summed E-state index contributed by atoms with van der Waals surface area (Å²) in [6, 6.07) is 11.1. The van der Waals surface area contributed by atoms with E-state index in [-0.39, 0.29) is 27.8 Å². The van der Waals surface area contributed by atoms with E-state index in [4.69, 9.17) is 21.3 Å². The quantitative estimate of drug-likeness (QED) is 0.769. The van der Waals surface area contributed by atoms with Crippen LogP contribution in [0.5, 0.6) is 0 Å². The number of nitrogens with zero attached hydrogens (tertiary/aromatic N) is 1. The summed E-state index contributed by atoms with van der Waals surface area (Å²) in [6.45, 7) is 0. The van der Waals surface area contributed by atoms with Crippen LogP contribution in [-0.4, -0.2) is 5.91 Å². The molecule has 0 atom stereocenters. The molecule has 7 heteroatoms. The molecule has 1 N–H and O–H groups in total. The zero-order chi connectivity index (χ0) is 17.3. The maximum absolute atomic E-state index is 13.3. The highest BCUT2D eigenvalue weighted by atomic mass is 35.5. The fourth-order valence-electron chi connectivity index (χ4n) is 2.18. The predicted octanol–water partition coefficient (Wildman–Crippen LogP) is 3.71. The summed E-state index contributed by atoms with van der Waals surface area (Å²) in [5, 5.41) is 12.2. The van der Waals surface area contributed by atoms with Gasteiger partial charge in [0.1, 0.15) is 11.9 Å². The zero-order valence-corrected chi connectivity index (χ0v) is 12.7. The van der Waals surface area contributed by atoms with Gasteiger partial charge in [0.2, 0.25) is 0 Å². The molecule has 0 aliphatic carbocycles. The molecule has 1 aromatic heterocycles. The first kappa shape index (κ1) is 15.7. The third kappa shape index (κ3) is 2.98. The van der Waals surface area contributed by atoms with Crippen molar-refractivity contribution in [3.05, 3.63) is 75.0 Å². The Balaban J connectivity index is 2.02. The SMILES string of the molecule is N#Cc1ccc(Cl)cc1NC(=O)c1cc2cc(F)ccc2c(=O)o1. The Kier molecular flexibility index (Phi) is 4.02. The van der Waals surface area contributed by atoms with Crippen LogP contribution in [0.25, 0.3) is 10.8 Å². The van der Waals surface area contributed by atoms with Gasteiger partial charge in [-0.2, -0.15) is 5.26 Å². The highest BCUT2D eigenvalue weighted by Gasteiger charge is 2.15. The molecule has 3 rings (SSSR count). The summed E-state index contributed by atoms with van der Waals surface area (Å²) >= 11 is 5.85. The first-order valence-electron chi connectivity index (χ1n) is 6.72. The van der Waals surface area contributed by atoms with E-state index in [1.807, 2.05) is 6.07 Å². The minimum Gasteiger partial charge on any atom is -0.417 e. The summed E-state index contributed by atoms with van der Waals surface area (Å²) < 4.78 is 18.3. The Hall–Kier alpha value is -3.17. The van der Waals surface area contributed by atoms with Gasteiger partial charge in [-0.1, -0.05) is 11.6 Å². The summed E-state index contributed by atoms with van der Waals surface area (Å²) in [4.78, 5) is 24.2. The van der Waals surface area contributed by atoms with Crippen molar-refractivity contribution in [2.75, 3.05) is 5.32 Å². The molecule has 1 amide bonds. The Morgan fingerprint density at radius 1 is 1.21 bits per heavy atom. The number of benzene rings is 2. The number of nitrogens with one attached hydrogen (secondary N) is 1. The van der Waals surface area contributed by atoms with Crippen LogP contribution in [0.3, 0.4) is 0 Å². The summed E-state index contributed by atoms with van der Waals surface area (Å²) in [6.07, 6.45) is 0. The Bertz CT molecular complexity index is 1070. The number of rotatable bonds is 2. The van der Waals surface area contributed by atoms with Gasteiger partial charge >= 0.3 is 5.63 Å². The van der Waals surface area contributed by atoms with E-state index >= 15 is 0 Å². The maximum atomic E-state index is 13.3. The monoisotopic (exact) mass is 342 g/mol. The first-order chi connectivity index (χ1) is 11.5. The summed E-state index contributed by atoms with van der Waals surface area (Å²) in [5.74, 6) is -1.60. The van der Waals surface area contributed by atoms with E-state index in [1.165, 1.54) is 30.3 Å². The number of halogens is 2. The first-order valence-corrected chi connectivity index (χ1v) is 7.10. The lowest BCUT2D eigenvalue weighted by Gasteiger charge is -2.07. The molecular weight excluding hydrogens is 335 g/mol. The number of anilines is 1. The lowest BCUT2D eigenvalue weighted by molar-refractivity contribution is 0.0993. The lowest BCUT2D eigenvalue weighted by atomic mass is 10.1. The smallest absolute Gasteiger partial charge is 0.344 e. The molecule has 0 bridgehead atoms. The van der Waals surface area contributed by atoms with Crippen LogP contribution in [0.2, 0.25) is 5.02 Å². The third-order valence-electron chi connectivity index (χ3n) is 3.30. The van der Waals surface area contributed by atoms with E-state index in [0.717, 1.165) is 12.1 Å². The molecule has 0 fully saturated rings. The van der Waals surface area contributed by atoms with E-state index in [9.17, 15) is 14.0 Å². The molecule has 0 aliphatic heterocycles. The van der Waals surface area contributed by atoms with Crippen LogP contribution in [0.1, 0.15) is 16.1 Å². The third-order valence-corrected chi connectivity index (χ3v) is 3.53. The highest BCUT2D eigenvalue weighted by molar-refractivity contribution is 6.31. The minimum absolute atomic E-state index is 0.161. The molecule has 0 saturated heterocycles. The lowest BCUT2D eigenvalue weighted by Crippen LogP contribution is -2.15. The Labute approximate surface area is 139 Å². The van der Waals surface area contributed by atoms with E-state index < -0.39 is 17.3 Å². The molecule has 0 radical (unpaired) electrons. The predicted molar refractivity (Wildman–Crippen MR) is 86.6 cm³/mol.